The van der Waals surface area contributed by atoms with Gasteiger partial charge in [0.2, 0.25) is 0 Å². The molecule has 3 aliphatic rings. The number of halogens is 1. The number of ketones is 1. The van der Waals surface area contributed by atoms with Crippen LogP contribution in [0.2, 0.25) is 0 Å². The Morgan fingerprint density at radius 2 is 1.91 bits per heavy atom. The van der Waals surface area contributed by atoms with Gasteiger partial charge in [0.05, 0.1) is 22.7 Å². The van der Waals surface area contributed by atoms with Gasteiger partial charge in [-0.1, -0.05) is 22.9 Å². The highest BCUT2D eigenvalue weighted by molar-refractivity contribution is 9.10. The van der Waals surface area contributed by atoms with E-state index in [1.807, 2.05) is 0 Å². The maximum atomic E-state index is 14.0. The molecule has 0 spiro atoms. The molecular formula is C24H27BrN2O8. The molecule has 4 rings (SSSR count). The number of fused-ring (bicyclic) bond motifs is 3. The second-order valence-corrected chi connectivity index (χ2v) is 10.5. The molecule has 1 saturated carbocycles. The standard InChI is InChI=1S/C24H27BrN2O8/c1-4-23(34)16(22(26)33)20(31)17(27(2)3)12-6-9-5-11-13(25)7-10(8-28)18(29)15(11)19(30)14(9)21(32)24(12,23)35/h7-9,12,17,29-31,34-35H,4-6H2,1-3H3,(H2,26,33)/t9-,12-,17-,23-,24-/m0/s1. The number of phenols is 1. The van der Waals surface area contributed by atoms with Crippen molar-refractivity contribution < 1.29 is 39.9 Å². The van der Waals surface area contributed by atoms with Crippen LogP contribution in [0, 0.1) is 11.8 Å². The van der Waals surface area contributed by atoms with Crippen LogP contribution in [0.3, 0.4) is 0 Å². The molecule has 0 aromatic heterocycles. The molecule has 10 nitrogen and oxygen atoms in total. The molecule has 0 unspecified atom stereocenters. The highest BCUT2D eigenvalue weighted by Gasteiger charge is 2.70. The summed E-state index contributed by atoms with van der Waals surface area (Å²) in [5.41, 5.74) is -0.305. The van der Waals surface area contributed by atoms with Crippen LogP contribution in [-0.2, 0) is 16.0 Å². The molecular weight excluding hydrogens is 524 g/mol. The quantitative estimate of drug-likeness (QED) is 0.299. The summed E-state index contributed by atoms with van der Waals surface area (Å²) in [5, 5.41) is 56.5. The zero-order valence-electron chi connectivity index (χ0n) is 19.4. The van der Waals surface area contributed by atoms with Crippen molar-refractivity contribution in [2.75, 3.05) is 14.1 Å². The average Bonchev–Trinajstić information content (AvgIpc) is 2.77. The van der Waals surface area contributed by atoms with E-state index in [1.54, 1.807) is 14.1 Å². The predicted octanol–water partition coefficient (Wildman–Crippen LogP) is 1.11. The number of nitrogens with zero attached hydrogens (tertiary/aromatic N) is 1. The third kappa shape index (κ3) is 3.08. The topological polar surface area (TPSA) is 182 Å². The molecule has 1 aromatic carbocycles. The molecule has 1 aromatic rings. The molecule has 188 valence electrons. The summed E-state index contributed by atoms with van der Waals surface area (Å²) in [5.74, 6) is -5.58. The highest BCUT2D eigenvalue weighted by Crippen LogP contribution is 2.57. The number of rotatable bonds is 4. The van der Waals surface area contributed by atoms with Crippen LogP contribution in [0.4, 0.5) is 0 Å². The molecule has 35 heavy (non-hydrogen) atoms. The molecule has 11 heteroatoms. The minimum Gasteiger partial charge on any atom is -0.510 e. The van der Waals surface area contributed by atoms with Crippen LogP contribution in [-0.4, -0.2) is 79.7 Å². The minimum absolute atomic E-state index is 0.0466. The number of amides is 1. The Balaban J connectivity index is 2.04. The van der Waals surface area contributed by atoms with Gasteiger partial charge in [-0.25, -0.2) is 0 Å². The van der Waals surface area contributed by atoms with Gasteiger partial charge in [0.25, 0.3) is 5.91 Å². The van der Waals surface area contributed by atoms with Crippen LogP contribution in [0.15, 0.2) is 27.4 Å². The lowest BCUT2D eigenvalue weighted by Crippen LogP contribution is -2.74. The number of aliphatic hydroxyl groups excluding tert-OH is 2. The van der Waals surface area contributed by atoms with Crippen molar-refractivity contribution in [1.82, 2.24) is 4.90 Å². The fourth-order valence-electron chi connectivity index (χ4n) is 6.24. The summed E-state index contributed by atoms with van der Waals surface area (Å²) >= 11 is 3.36. The van der Waals surface area contributed by atoms with E-state index in [0.29, 0.717) is 16.3 Å². The van der Waals surface area contributed by atoms with Gasteiger partial charge in [0.15, 0.2) is 17.7 Å². The third-order valence-electron chi connectivity index (χ3n) is 7.80. The summed E-state index contributed by atoms with van der Waals surface area (Å²) in [6.45, 7) is 1.43. The van der Waals surface area contributed by atoms with Gasteiger partial charge >= 0.3 is 0 Å². The maximum Gasteiger partial charge on any atom is 0.251 e. The number of aldehydes is 1. The number of primary amides is 1. The van der Waals surface area contributed by atoms with Crippen molar-refractivity contribution in [2.24, 2.45) is 17.6 Å². The van der Waals surface area contributed by atoms with Crippen molar-refractivity contribution in [3.05, 3.63) is 44.1 Å². The van der Waals surface area contributed by atoms with E-state index in [0.717, 1.165) is 0 Å². The van der Waals surface area contributed by atoms with Gasteiger partial charge in [-0.2, -0.15) is 0 Å². The van der Waals surface area contributed by atoms with E-state index in [-0.39, 0.29) is 36.0 Å². The summed E-state index contributed by atoms with van der Waals surface area (Å²) < 4.78 is 0.447. The Morgan fingerprint density at radius 3 is 2.43 bits per heavy atom. The van der Waals surface area contributed by atoms with Crippen molar-refractivity contribution in [1.29, 1.82) is 0 Å². The van der Waals surface area contributed by atoms with Crippen molar-refractivity contribution in [3.63, 3.8) is 0 Å². The van der Waals surface area contributed by atoms with Gasteiger partial charge in [-0.3, -0.25) is 19.3 Å². The Bertz CT molecular complexity index is 1240. The number of Topliss-reactive ketones (excluding diaryl/α,β-unsaturated/α-hetero) is 1. The van der Waals surface area contributed by atoms with E-state index in [1.165, 1.54) is 17.9 Å². The Labute approximate surface area is 209 Å². The number of hydrogen-bond donors (Lipinski definition) is 6. The third-order valence-corrected chi connectivity index (χ3v) is 8.51. The number of phenolic OH excluding ortho intramolecular Hbond substituents is 1. The molecule has 7 N–H and O–H groups in total. The Kier molecular flexibility index (Phi) is 5.91. The predicted molar refractivity (Wildman–Crippen MR) is 128 cm³/mol. The molecule has 0 heterocycles. The lowest BCUT2D eigenvalue weighted by atomic mass is 9.52. The first kappa shape index (κ1) is 25.4. The SMILES string of the molecule is CC[C@]1(O)C(C(N)=O)=C(O)[C@@H](N(C)C)[C@@H]2C[C@@H]3Cc4c(Br)cc(C=O)c(O)c4C(O)=C3C(=O)[C@@]21O. The zero-order chi connectivity index (χ0) is 26.2. The van der Waals surface area contributed by atoms with Crippen LogP contribution in [0.25, 0.3) is 5.76 Å². The molecule has 3 aliphatic carbocycles. The van der Waals surface area contributed by atoms with Crippen molar-refractivity contribution in [2.45, 2.75) is 43.4 Å². The van der Waals surface area contributed by atoms with E-state index in [4.69, 9.17) is 5.73 Å². The van der Waals surface area contributed by atoms with Gasteiger partial charge in [-0.05, 0) is 50.9 Å². The first-order valence-corrected chi connectivity index (χ1v) is 11.9. The number of aliphatic hydroxyl groups is 4. The maximum absolute atomic E-state index is 14.0. The van der Waals surface area contributed by atoms with Crippen LogP contribution < -0.4 is 5.73 Å². The number of aromatic hydroxyl groups is 1. The molecule has 5 atom stereocenters. The van der Waals surface area contributed by atoms with Crippen molar-refractivity contribution in [3.8, 4) is 5.75 Å². The van der Waals surface area contributed by atoms with Crippen molar-refractivity contribution >= 4 is 39.7 Å². The monoisotopic (exact) mass is 550 g/mol. The molecule has 1 amide bonds. The Hall–Kier alpha value is -2.73. The fraction of sp³-hybridized carbons (Fsp3) is 0.458. The van der Waals surface area contributed by atoms with Crippen LogP contribution >= 0.6 is 15.9 Å². The lowest BCUT2D eigenvalue weighted by Gasteiger charge is -2.57. The number of likely N-dealkylation sites (N-methyl/N-ethyl adjacent to an activating group) is 1. The average molecular weight is 551 g/mol. The highest BCUT2D eigenvalue weighted by atomic mass is 79.9. The first-order chi connectivity index (χ1) is 16.3. The second-order valence-electron chi connectivity index (χ2n) is 9.62. The number of hydrogen-bond acceptors (Lipinski definition) is 9. The Morgan fingerprint density at radius 1 is 1.29 bits per heavy atom. The second kappa shape index (κ2) is 8.16. The summed E-state index contributed by atoms with van der Waals surface area (Å²) in [7, 11) is 3.19. The fourth-order valence-corrected chi connectivity index (χ4v) is 6.84. The summed E-state index contributed by atoms with van der Waals surface area (Å²) in [6, 6.07) is 0.380. The van der Waals surface area contributed by atoms with Gasteiger partial charge in [-0.15, -0.1) is 0 Å². The molecule has 1 fully saturated rings. The summed E-state index contributed by atoms with van der Waals surface area (Å²) in [6.07, 6.45) is 0.279. The van der Waals surface area contributed by atoms with Crippen LogP contribution in [0.5, 0.6) is 5.75 Å². The minimum atomic E-state index is -2.63. The normalized spacial score (nSPS) is 32.3. The largest absolute Gasteiger partial charge is 0.510 e. The van der Waals surface area contributed by atoms with E-state index in [9.17, 15) is 39.9 Å². The number of carbonyl (C=O) groups excluding carboxylic acids is 3. The zero-order valence-corrected chi connectivity index (χ0v) is 21.0. The smallest absolute Gasteiger partial charge is 0.251 e. The number of carbonyl (C=O) groups is 3. The van der Waals surface area contributed by atoms with E-state index < -0.39 is 63.6 Å². The van der Waals surface area contributed by atoms with Gasteiger partial charge in [0, 0.05) is 16.0 Å². The summed E-state index contributed by atoms with van der Waals surface area (Å²) in [4.78, 5) is 39.3. The van der Waals surface area contributed by atoms with E-state index in [2.05, 4.69) is 15.9 Å². The van der Waals surface area contributed by atoms with Gasteiger partial charge in [0.1, 0.15) is 22.9 Å². The van der Waals surface area contributed by atoms with Gasteiger partial charge < -0.3 is 31.3 Å². The molecule has 0 radical (unpaired) electrons. The van der Waals surface area contributed by atoms with E-state index >= 15 is 0 Å². The molecule has 0 bridgehead atoms. The first-order valence-electron chi connectivity index (χ1n) is 11.1. The molecule has 0 aliphatic heterocycles. The van der Waals surface area contributed by atoms with Crippen LogP contribution in [0.1, 0.15) is 41.3 Å². The number of nitrogens with two attached hydrogens (primary N) is 1. The number of benzene rings is 1. The lowest BCUT2D eigenvalue weighted by molar-refractivity contribution is -0.199. The molecule has 0 saturated heterocycles.